The molecule has 0 atom stereocenters. The second-order valence-corrected chi connectivity index (χ2v) is 5.98. The number of amides is 2. The van der Waals surface area contributed by atoms with Crippen molar-refractivity contribution in [2.75, 3.05) is 13.7 Å². The zero-order chi connectivity index (χ0) is 18.4. The number of rotatable bonds is 7. The molecule has 1 aromatic carbocycles. The highest BCUT2D eigenvalue weighted by atomic mass is 16.5. The number of hydrogen-bond donors (Lipinski definition) is 3. The fourth-order valence-electron chi connectivity index (χ4n) is 2.83. The summed E-state index contributed by atoms with van der Waals surface area (Å²) < 4.78 is 10.4. The molecule has 1 aliphatic rings. The summed E-state index contributed by atoms with van der Waals surface area (Å²) >= 11 is 0. The molecule has 8 nitrogen and oxygen atoms in total. The Bertz CT molecular complexity index is 653. The number of nitrogens with one attached hydrogen (secondary N) is 1. The number of ether oxygens (including phenoxy) is 2. The van der Waals surface area contributed by atoms with Crippen molar-refractivity contribution in [3.8, 4) is 11.5 Å². The van der Waals surface area contributed by atoms with Gasteiger partial charge in [0.15, 0.2) is 18.1 Å². The third-order valence-corrected chi connectivity index (χ3v) is 4.21. The maximum Gasteiger partial charge on any atom is 0.306 e. The van der Waals surface area contributed by atoms with Crippen molar-refractivity contribution < 1.29 is 29.0 Å². The molecule has 0 unspecified atom stereocenters. The largest absolute Gasteiger partial charge is 0.493 e. The first-order valence-electron chi connectivity index (χ1n) is 8.03. The van der Waals surface area contributed by atoms with Gasteiger partial charge in [0.05, 0.1) is 13.0 Å². The van der Waals surface area contributed by atoms with E-state index >= 15 is 0 Å². The maximum absolute atomic E-state index is 12.4. The summed E-state index contributed by atoms with van der Waals surface area (Å²) in [5.74, 6) is -1.33. The van der Waals surface area contributed by atoms with Gasteiger partial charge in [-0.15, -0.1) is 0 Å². The van der Waals surface area contributed by atoms with Crippen molar-refractivity contribution in [3.63, 3.8) is 0 Å². The molecule has 0 radical (unpaired) electrons. The maximum atomic E-state index is 12.4. The normalized spacial score (nSPS) is 19.7. The Labute approximate surface area is 145 Å². The molecule has 0 aliphatic heterocycles. The average Bonchev–Trinajstić information content (AvgIpc) is 2.60. The van der Waals surface area contributed by atoms with Gasteiger partial charge >= 0.3 is 5.97 Å². The zero-order valence-corrected chi connectivity index (χ0v) is 14.0. The van der Waals surface area contributed by atoms with E-state index in [0.717, 1.165) is 0 Å². The lowest BCUT2D eigenvalue weighted by atomic mass is 9.86. The van der Waals surface area contributed by atoms with Gasteiger partial charge in [-0.3, -0.25) is 14.4 Å². The molecule has 8 heteroatoms. The topological polar surface area (TPSA) is 128 Å². The van der Waals surface area contributed by atoms with Gasteiger partial charge in [0, 0.05) is 11.6 Å². The lowest BCUT2D eigenvalue weighted by Gasteiger charge is -2.26. The molecule has 1 fully saturated rings. The summed E-state index contributed by atoms with van der Waals surface area (Å²) in [6.07, 6.45) is 2.40. The standard InChI is InChI=1S/C17H22N2O6/c1-24-14-8-11(4-7-13(14)25-9-15(18)20)16(21)19-12-5-2-10(3-6-12)17(22)23/h4,7-8,10,12H,2-3,5-6,9H2,1H3,(H2,18,20)(H,19,21)(H,22,23). The molecule has 2 amide bonds. The second-order valence-electron chi connectivity index (χ2n) is 5.98. The Hall–Kier alpha value is -2.77. The summed E-state index contributed by atoms with van der Waals surface area (Å²) in [6.45, 7) is -0.283. The number of carbonyl (C=O) groups excluding carboxylic acids is 2. The van der Waals surface area contributed by atoms with Crippen LogP contribution in [0.5, 0.6) is 11.5 Å². The van der Waals surface area contributed by atoms with Crippen LogP contribution in [-0.4, -0.2) is 42.6 Å². The number of benzene rings is 1. The van der Waals surface area contributed by atoms with Gasteiger partial charge in [-0.25, -0.2) is 0 Å². The van der Waals surface area contributed by atoms with Crippen molar-refractivity contribution in [2.45, 2.75) is 31.7 Å². The van der Waals surface area contributed by atoms with E-state index in [1.165, 1.54) is 19.2 Å². The number of primary amides is 1. The Morgan fingerprint density at radius 1 is 1.20 bits per heavy atom. The highest BCUT2D eigenvalue weighted by Crippen LogP contribution is 2.29. The quantitative estimate of drug-likeness (QED) is 0.671. The van der Waals surface area contributed by atoms with Crippen LogP contribution in [0.4, 0.5) is 0 Å². The van der Waals surface area contributed by atoms with Crippen LogP contribution < -0.4 is 20.5 Å². The fraction of sp³-hybridized carbons (Fsp3) is 0.471. The Morgan fingerprint density at radius 3 is 2.44 bits per heavy atom. The first-order valence-corrected chi connectivity index (χ1v) is 8.03. The van der Waals surface area contributed by atoms with E-state index in [2.05, 4.69) is 5.32 Å². The van der Waals surface area contributed by atoms with Crippen LogP contribution in [0.15, 0.2) is 18.2 Å². The molecule has 1 saturated carbocycles. The van der Waals surface area contributed by atoms with Gasteiger partial charge in [0.1, 0.15) is 0 Å². The van der Waals surface area contributed by atoms with Crippen LogP contribution in [0.2, 0.25) is 0 Å². The van der Waals surface area contributed by atoms with Crippen LogP contribution in [0.1, 0.15) is 36.0 Å². The number of carboxylic acids is 1. The van der Waals surface area contributed by atoms with E-state index in [1.807, 2.05) is 0 Å². The summed E-state index contributed by atoms with van der Waals surface area (Å²) in [5.41, 5.74) is 5.43. The van der Waals surface area contributed by atoms with E-state index in [1.54, 1.807) is 6.07 Å². The molecule has 0 saturated heterocycles. The molecule has 0 aromatic heterocycles. The number of nitrogens with two attached hydrogens (primary N) is 1. The van der Waals surface area contributed by atoms with E-state index < -0.39 is 11.9 Å². The molecule has 1 aromatic rings. The molecule has 0 bridgehead atoms. The monoisotopic (exact) mass is 350 g/mol. The average molecular weight is 350 g/mol. The third-order valence-electron chi connectivity index (χ3n) is 4.21. The minimum absolute atomic E-state index is 0.0418. The third kappa shape index (κ3) is 5.10. The van der Waals surface area contributed by atoms with Crippen molar-refractivity contribution in [3.05, 3.63) is 23.8 Å². The molecular weight excluding hydrogens is 328 g/mol. The van der Waals surface area contributed by atoms with E-state index in [9.17, 15) is 14.4 Å². The van der Waals surface area contributed by atoms with E-state index in [4.69, 9.17) is 20.3 Å². The van der Waals surface area contributed by atoms with Crippen LogP contribution in [-0.2, 0) is 9.59 Å². The molecular formula is C17H22N2O6. The van der Waals surface area contributed by atoms with Crippen molar-refractivity contribution in [2.24, 2.45) is 11.7 Å². The predicted molar refractivity (Wildman–Crippen MR) is 88.5 cm³/mol. The molecule has 1 aliphatic carbocycles. The zero-order valence-electron chi connectivity index (χ0n) is 14.0. The second kappa shape index (κ2) is 8.36. The molecule has 2 rings (SSSR count). The summed E-state index contributed by atoms with van der Waals surface area (Å²) in [6, 6.07) is 4.59. The van der Waals surface area contributed by atoms with Crippen molar-refractivity contribution >= 4 is 17.8 Å². The fourth-order valence-corrected chi connectivity index (χ4v) is 2.83. The van der Waals surface area contributed by atoms with Crippen LogP contribution in [0, 0.1) is 5.92 Å². The van der Waals surface area contributed by atoms with Gasteiger partial charge in [-0.05, 0) is 43.9 Å². The van der Waals surface area contributed by atoms with Crippen molar-refractivity contribution in [1.29, 1.82) is 0 Å². The number of hydrogen-bond acceptors (Lipinski definition) is 5. The first kappa shape index (κ1) is 18.6. The van der Waals surface area contributed by atoms with Crippen LogP contribution in [0.3, 0.4) is 0 Å². The Kier molecular flexibility index (Phi) is 6.21. The molecule has 0 heterocycles. The van der Waals surface area contributed by atoms with Gasteiger partial charge in [-0.1, -0.05) is 0 Å². The molecule has 136 valence electrons. The minimum Gasteiger partial charge on any atom is -0.493 e. The number of methoxy groups -OCH3 is 1. The lowest BCUT2D eigenvalue weighted by Crippen LogP contribution is -2.38. The van der Waals surface area contributed by atoms with E-state index in [-0.39, 0.29) is 24.5 Å². The minimum atomic E-state index is -0.777. The van der Waals surface area contributed by atoms with Crippen LogP contribution >= 0.6 is 0 Å². The number of carboxylic acid groups (broad SMARTS) is 1. The van der Waals surface area contributed by atoms with Gasteiger partial charge in [-0.2, -0.15) is 0 Å². The smallest absolute Gasteiger partial charge is 0.306 e. The number of carbonyl (C=O) groups is 3. The van der Waals surface area contributed by atoms with Crippen LogP contribution in [0.25, 0.3) is 0 Å². The SMILES string of the molecule is COc1cc(C(=O)NC2CCC(C(=O)O)CC2)ccc1OCC(N)=O. The summed E-state index contributed by atoms with van der Waals surface area (Å²) in [7, 11) is 1.43. The summed E-state index contributed by atoms with van der Waals surface area (Å²) in [5, 5.41) is 11.9. The van der Waals surface area contributed by atoms with Gasteiger partial charge < -0.3 is 25.6 Å². The Balaban J connectivity index is 1.97. The van der Waals surface area contributed by atoms with Gasteiger partial charge in [0.25, 0.3) is 11.8 Å². The van der Waals surface area contributed by atoms with Crippen molar-refractivity contribution in [1.82, 2.24) is 5.32 Å². The predicted octanol–water partition coefficient (Wildman–Crippen LogP) is 0.932. The first-order chi connectivity index (χ1) is 11.9. The molecule has 0 spiro atoms. The lowest BCUT2D eigenvalue weighted by molar-refractivity contribution is -0.142. The Morgan fingerprint density at radius 2 is 1.88 bits per heavy atom. The summed E-state index contributed by atoms with van der Waals surface area (Å²) in [4.78, 5) is 34.1. The highest BCUT2D eigenvalue weighted by Gasteiger charge is 2.27. The van der Waals surface area contributed by atoms with E-state index in [0.29, 0.717) is 42.7 Å². The molecule has 25 heavy (non-hydrogen) atoms. The van der Waals surface area contributed by atoms with Gasteiger partial charge in [0.2, 0.25) is 0 Å². The number of aliphatic carboxylic acids is 1. The molecule has 4 N–H and O–H groups in total. The highest BCUT2D eigenvalue weighted by molar-refractivity contribution is 5.95.